The first-order valence-electron chi connectivity index (χ1n) is 13.3. The first kappa shape index (κ1) is 24.4. The Bertz CT molecular complexity index is 1620. The molecule has 3 aromatic carbocycles. The second kappa shape index (κ2) is 11.2. The Morgan fingerprint density at radius 1 is 0.359 bits per heavy atom. The van der Waals surface area contributed by atoms with Crippen molar-refractivity contribution in [3.05, 3.63) is 151 Å². The molecule has 3 nitrogen and oxygen atoms in total. The van der Waals surface area contributed by atoms with Gasteiger partial charge < -0.3 is 0 Å². The van der Waals surface area contributed by atoms with Gasteiger partial charge in [0.1, 0.15) is 0 Å². The summed E-state index contributed by atoms with van der Waals surface area (Å²) in [5.41, 5.74) is 13.4. The van der Waals surface area contributed by atoms with Gasteiger partial charge in [0.2, 0.25) is 0 Å². The molecule has 0 aliphatic rings. The summed E-state index contributed by atoms with van der Waals surface area (Å²) >= 11 is 0. The Kier molecular flexibility index (Phi) is 7.05. The van der Waals surface area contributed by atoms with Crippen LogP contribution in [0.4, 0.5) is 0 Å². The minimum Gasteiger partial charge on any atom is -0.265 e. The number of nitrogens with zero attached hydrogens (tertiary/aromatic N) is 3. The topological polar surface area (TPSA) is 38.7 Å². The average molecular weight is 504 g/mol. The van der Waals surface area contributed by atoms with E-state index in [1.165, 1.54) is 50.1 Å². The van der Waals surface area contributed by atoms with Crippen LogP contribution < -0.4 is 0 Å². The third-order valence-electron chi connectivity index (χ3n) is 7.13. The largest absolute Gasteiger partial charge is 0.265 e. The molecule has 0 aliphatic heterocycles. The minimum atomic E-state index is 0.815. The summed E-state index contributed by atoms with van der Waals surface area (Å²) in [4.78, 5) is 12.7. The Morgan fingerprint density at radius 3 is 1.03 bits per heavy atom. The molecular formula is C36H29N3. The van der Waals surface area contributed by atoms with Crippen molar-refractivity contribution < 1.29 is 0 Å². The minimum absolute atomic E-state index is 0.815. The highest BCUT2D eigenvalue weighted by Crippen LogP contribution is 2.32. The van der Waals surface area contributed by atoms with E-state index in [4.69, 9.17) is 0 Å². The van der Waals surface area contributed by atoms with Crippen LogP contribution in [0.25, 0.3) is 44.5 Å². The highest BCUT2D eigenvalue weighted by Gasteiger charge is 2.10. The maximum atomic E-state index is 4.23. The van der Waals surface area contributed by atoms with Crippen LogP contribution in [0.5, 0.6) is 0 Å². The number of benzene rings is 3. The summed E-state index contributed by atoms with van der Waals surface area (Å²) < 4.78 is 0. The Labute approximate surface area is 229 Å². The van der Waals surface area contributed by atoms with Gasteiger partial charge >= 0.3 is 0 Å². The van der Waals surface area contributed by atoms with E-state index in [0.717, 1.165) is 24.0 Å². The molecule has 0 radical (unpaired) electrons. The van der Waals surface area contributed by atoms with E-state index < -0.39 is 0 Å². The summed E-state index contributed by atoms with van der Waals surface area (Å²) in [7, 11) is 0. The van der Waals surface area contributed by atoms with Crippen molar-refractivity contribution in [3.8, 4) is 44.5 Å². The van der Waals surface area contributed by atoms with E-state index in [1.807, 2.05) is 37.2 Å². The van der Waals surface area contributed by atoms with Gasteiger partial charge in [-0.2, -0.15) is 0 Å². The second-order valence-electron chi connectivity index (χ2n) is 9.77. The van der Waals surface area contributed by atoms with Crippen LogP contribution in [0, 0.1) is 0 Å². The van der Waals surface area contributed by atoms with E-state index in [2.05, 4.69) is 119 Å². The molecule has 6 rings (SSSR count). The van der Waals surface area contributed by atoms with E-state index in [9.17, 15) is 0 Å². The summed E-state index contributed by atoms with van der Waals surface area (Å²) in [6.45, 7) is 2.19. The van der Waals surface area contributed by atoms with Crippen molar-refractivity contribution >= 4 is 0 Å². The van der Waals surface area contributed by atoms with Gasteiger partial charge in [-0.3, -0.25) is 15.0 Å². The Hall–Kier alpha value is -4.89. The van der Waals surface area contributed by atoms with Crippen molar-refractivity contribution in [1.29, 1.82) is 0 Å². The molecule has 0 saturated carbocycles. The molecule has 188 valence electrons. The predicted octanol–water partition coefficient (Wildman–Crippen LogP) is 8.69. The van der Waals surface area contributed by atoms with Gasteiger partial charge in [0.25, 0.3) is 0 Å². The molecule has 6 aromatic rings. The van der Waals surface area contributed by atoms with Crippen molar-refractivity contribution in [3.63, 3.8) is 0 Å². The van der Waals surface area contributed by atoms with Gasteiger partial charge in [0.15, 0.2) is 0 Å². The van der Waals surface area contributed by atoms with E-state index in [-0.39, 0.29) is 0 Å². The van der Waals surface area contributed by atoms with Gasteiger partial charge in [-0.1, -0.05) is 55.5 Å². The number of aryl methyl sites for hydroxylation is 1. The fourth-order valence-electron chi connectivity index (χ4n) is 5.06. The molecular weight excluding hydrogens is 474 g/mol. The van der Waals surface area contributed by atoms with E-state index in [1.54, 1.807) is 0 Å². The zero-order chi connectivity index (χ0) is 26.4. The van der Waals surface area contributed by atoms with Crippen molar-refractivity contribution in [2.45, 2.75) is 19.8 Å². The Morgan fingerprint density at radius 2 is 0.692 bits per heavy atom. The van der Waals surface area contributed by atoms with Crippen molar-refractivity contribution in [2.24, 2.45) is 0 Å². The number of aromatic nitrogens is 3. The molecule has 0 N–H and O–H groups in total. The zero-order valence-corrected chi connectivity index (χ0v) is 22.0. The van der Waals surface area contributed by atoms with Gasteiger partial charge in [-0.05, 0) is 123 Å². The van der Waals surface area contributed by atoms with E-state index >= 15 is 0 Å². The van der Waals surface area contributed by atoms with Crippen molar-refractivity contribution in [2.75, 3.05) is 0 Å². The lowest BCUT2D eigenvalue weighted by atomic mass is 9.91. The van der Waals surface area contributed by atoms with Crippen LogP contribution in [-0.2, 0) is 12.8 Å². The summed E-state index contributed by atoms with van der Waals surface area (Å²) in [5.74, 6) is 0. The number of pyridine rings is 3. The highest BCUT2D eigenvalue weighted by molar-refractivity contribution is 5.76. The third kappa shape index (κ3) is 5.68. The molecule has 0 unspecified atom stereocenters. The van der Waals surface area contributed by atoms with Crippen LogP contribution in [0.15, 0.2) is 134 Å². The first-order chi connectivity index (χ1) is 19.2. The lowest BCUT2D eigenvalue weighted by Crippen LogP contribution is -1.94. The van der Waals surface area contributed by atoms with Gasteiger partial charge in [-0.15, -0.1) is 0 Å². The molecule has 39 heavy (non-hydrogen) atoms. The normalized spacial score (nSPS) is 10.9. The lowest BCUT2D eigenvalue weighted by molar-refractivity contribution is 1.14. The van der Waals surface area contributed by atoms with E-state index in [0.29, 0.717) is 0 Å². The third-order valence-corrected chi connectivity index (χ3v) is 7.13. The molecule has 3 heterocycles. The molecule has 0 spiro atoms. The van der Waals surface area contributed by atoms with Crippen molar-refractivity contribution in [1.82, 2.24) is 15.0 Å². The quantitative estimate of drug-likeness (QED) is 0.219. The first-order valence-corrected chi connectivity index (χ1v) is 13.3. The SMILES string of the molecule is CCc1ccc(-c2cc(Cc3cc(-c4ccncc4)cc(-c4ccncc4)c3)cc(-c3ccncc3)c2)cc1. The molecule has 0 saturated heterocycles. The molecule has 0 bridgehead atoms. The summed E-state index contributed by atoms with van der Waals surface area (Å²) in [6, 6.07) is 35.1. The molecule has 3 aromatic heterocycles. The van der Waals surface area contributed by atoms with Crippen LogP contribution in [0.1, 0.15) is 23.6 Å². The van der Waals surface area contributed by atoms with Crippen LogP contribution in [-0.4, -0.2) is 15.0 Å². The molecule has 0 fully saturated rings. The smallest absolute Gasteiger partial charge is 0.0273 e. The lowest BCUT2D eigenvalue weighted by Gasteiger charge is -2.14. The van der Waals surface area contributed by atoms with Gasteiger partial charge in [-0.25, -0.2) is 0 Å². The van der Waals surface area contributed by atoms with Gasteiger partial charge in [0, 0.05) is 37.2 Å². The number of rotatable bonds is 7. The monoisotopic (exact) mass is 503 g/mol. The zero-order valence-electron chi connectivity index (χ0n) is 22.0. The molecule has 0 aliphatic carbocycles. The summed E-state index contributed by atoms with van der Waals surface area (Å²) in [6.07, 6.45) is 13.0. The fourth-order valence-corrected chi connectivity index (χ4v) is 5.06. The maximum absolute atomic E-state index is 4.23. The number of hydrogen-bond acceptors (Lipinski definition) is 3. The molecule has 3 heteroatoms. The fraction of sp³-hybridized carbons (Fsp3) is 0.0833. The maximum Gasteiger partial charge on any atom is 0.0273 e. The predicted molar refractivity (Wildman–Crippen MR) is 160 cm³/mol. The van der Waals surface area contributed by atoms with Crippen LogP contribution in [0.3, 0.4) is 0 Å². The van der Waals surface area contributed by atoms with Crippen LogP contribution >= 0.6 is 0 Å². The highest BCUT2D eigenvalue weighted by atomic mass is 14.6. The Balaban J connectivity index is 1.45. The second-order valence-corrected chi connectivity index (χ2v) is 9.77. The molecule has 0 atom stereocenters. The standard InChI is InChI=1S/C36H29N3/c1-2-26-3-5-29(6-4-26)33-20-27(21-34(24-33)30-7-13-37-14-8-30)19-28-22-35(31-9-15-38-16-10-31)25-36(23-28)32-11-17-39-18-12-32/h3-18,20-25H,2,19H2,1H3. The number of hydrogen-bond donors (Lipinski definition) is 0. The van der Waals surface area contributed by atoms with Crippen LogP contribution in [0.2, 0.25) is 0 Å². The van der Waals surface area contributed by atoms with Gasteiger partial charge in [0.05, 0.1) is 0 Å². The summed E-state index contributed by atoms with van der Waals surface area (Å²) in [5, 5.41) is 0. The average Bonchev–Trinajstić information content (AvgIpc) is 3.02. The molecule has 0 amide bonds.